The van der Waals surface area contributed by atoms with Crippen LogP contribution in [0.3, 0.4) is 0 Å². The number of aryl methyl sites for hydroxylation is 1. The molecule has 0 bridgehead atoms. The molecule has 0 spiro atoms. The van der Waals surface area contributed by atoms with Crippen LogP contribution >= 0.6 is 23.2 Å². The van der Waals surface area contributed by atoms with Crippen LogP contribution in [0.5, 0.6) is 11.5 Å². The van der Waals surface area contributed by atoms with Gasteiger partial charge in [0, 0.05) is 5.56 Å². The Morgan fingerprint density at radius 1 is 1.05 bits per heavy atom. The summed E-state index contributed by atoms with van der Waals surface area (Å²) in [7, 11) is 0. The number of nitrogens with zero attached hydrogens (tertiary/aromatic N) is 3. The minimum Gasteiger partial charge on any atom is -0.494 e. The number of ether oxygens (including phenoxy) is 3. The number of fused-ring (bicyclic) bond motifs is 1. The van der Waals surface area contributed by atoms with Gasteiger partial charge in [-0.3, -0.25) is 4.79 Å². The zero-order valence-electron chi connectivity index (χ0n) is 24.4. The molecule has 0 fully saturated rings. The van der Waals surface area contributed by atoms with Crippen molar-refractivity contribution in [2.75, 3.05) is 13.2 Å². The van der Waals surface area contributed by atoms with E-state index in [0.717, 1.165) is 22.4 Å². The third-order valence-corrected chi connectivity index (χ3v) is 6.88. The molecule has 0 aliphatic rings. The predicted octanol–water partition coefficient (Wildman–Crippen LogP) is 7.41. The van der Waals surface area contributed by atoms with Gasteiger partial charge in [0.2, 0.25) is 0 Å². The molecular weight excluding hydrogens is 577 g/mol. The Morgan fingerprint density at radius 3 is 2.38 bits per heavy atom. The summed E-state index contributed by atoms with van der Waals surface area (Å²) < 4.78 is 17.8. The van der Waals surface area contributed by atoms with Crippen molar-refractivity contribution in [2.24, 2.45) is 5.10 Å². The van der Waals surface area contributed by atoms with Crippen LogP contribution in [0, 0.1) is 6.92 Å². The molecule has 1 heterocycles. The standard InChI is InChI=1S/C32H33Cl2N3O5/c1-7-40-28-12-20(6)24(15-23(28)18(2)3)31-36-27-11-9-8-10-22(27)32(39)37(31)35-16-21-13-25(33)30(26(34)14-21)41-17-29(38)42-19(4)5/h8-16,18-19H,7,17H2,1-6H3. The second-order valence-corrected chi connectivity index (χ2v) is 11.1. The minimum absolute atomic E-state index is 0.146. The first-order chi connectivity index (χ1) is 20.0. The highest BCUT2D eigenvalue weighted by molar-refractivity contribution is 6.37. The molecule has 8 nitrogen and oxygen atoms in total. The van der Waals surface area contributed by atoms with Crippen LogP contribution in [0.2, 0.25) is 10.0 Å². The van der Waals surface area contributed by atoms with Crippen molar-refractivity contribution in [1.29, 1.82) is 0 Å². The molecule has 1 aromatic heterocycles. The summed E-state index contributed by atoms with van der Waals surface area (Å²) in [4.78, 5) is 30.5. The third-order valence-electron chi connectivity index (χ3n) is 6.32. The Labute approximate surface area is 254 Å². The number of benzene rings is 3. The maximum Gasteiger partial charge on any atom is 0.344 e. The van der Waals surface area contributed by atoms with Gasteiger partial charge in [0.15, 0.2) is 18.2 Å². The Morgan fingerprint density at radius 2 is 1.74 bits per heavy atom. The highest BCUT2D eigenvalue weighted by Gasteiger charge is 2.19. The Balaban J connectivity index is 1.79. The number of aromatic nitrogens is 2. The smallest absolute Gasteiger partial charge is 0.344 e. The summed E-state index contributed by atoms with van der Waals surface area (Å²) in [5.41, 5.74) is 3.40. The summed E-state index contributed by atoms with van der Waals surface area (Å²) in [5.74, 6) is 0.970. The molecule has 4 aromatic rings. The summed E-state index contributed by atoms with van der Waals surface area (Å²) in [6.45, 7) is 11.8. The number of halogens is 2. The number of carbonyl (C=O) groups is 1. The molecule has 0 radical (unpaired) electrons. The van der Waals surface area contributed by atoms with E-state index in [1.165, 1.54) is 10.9 Å². The van der Waals surface area contributed by atoms with Crippen molar-refractivity contribution in [3.8, 4) is 22.9 Å². The first-order valence-corrected chi connectivity index (χ1v) is 14.4. The highest BCUT2D eigenvalue weighted by atomic mass is 35.5. The van der Waals surface area contributed by atoms with Gasteiger partial charge in [-0.15, -0.1) is 0 Å². The lowest BCUT2D eigenvalue weighted by Gasteiger charge is -2.18. The van der Waals surface area contributed by atoms with Crippen molar-refractivity contribution >= 4 is 46.3 Å². The van der Waals surface area contributed by atoms with Gasteiger partial charge in [-0.1, -0.05) is 49.2 Å². The largest absolute Gasteiger partial charge is 0.494 e. The number of carbonyl (C=O) groups excluding carboxylic acids is 1. The first kappa shape index (κ1) is 31.1. The third kappa shape index (κ3) is 6.94. The van der Waals surface area contributed by atoms with E-state index in [9.17, 15) is 9.59 Å². The van der Waals surface area contributed by atoms with E-state index in [4.69, 9.17) is 42.4 Å². The minimum atomic E-state index is -0.538. The van der Waals surface area contributed by atoms with Crippen LogP contribution in [0.4, 0.5) is 0 Å². The molecular formula is C32H33Cl2N3O5. The molecule has 0 N–H and O–H groups in total. The Kier molecular flexibility index (Phi) is 9.91. The van der Waals surface area contributed by atoms with Crippen molar-refractivity contribution in [1.82, 2.24) is 9.66 Å². The lowest BCUT2D eigenvalue weighted by Crippen LogP contribution is -2.21. The van der Waals surface area contributed by atoms with Gasteiger partial charge >= 0.3 is 5.97 Å². The van der Waals surface area contributed by atoms with Crippen LogP contribution in [0.1, 0.15) is 57.2 Å². The monoisotopic (exact) mass is 609 g/mol. The Hall–Kier alpha value is -3.88. The van der Waals surface area contributed by atoms with E-state index >= 15 is 0 Å². The highest BCUT2D eigenvalue weighted by Crippen LogP contribution is 2.35. The summed E-state index contributed by atoms with van der Waals surface area (Å²) in [6.07, 6.45) is 1.20. The molecule has 0 atom stereocenters. The molecule has 0 unspecified atom stereocenters. The molecule has 10 heteroatoms. The van der Waals surface area contributed by atoms with E-state index < -0.39 is 5.97 Å². The van der Waals surface area contributed by atoms with Crippen molar-refractivity contribution in [3.63, 3.8) is 0 Å². The van der Waals surface area contributed by atoms with E-state index in [1.54, 1.807) is 44.2 Å². The van der Waals surface area contributed by atoms with E-state index in [1.807, 2.05) is 32.0 Å². The lowest BCUT2D eigenvalue weighted by molar-refractivity contribution is -0.149. The number of hydrogen-bond acceptors (Lipinski definition) is 7. The quantitative estimate of drug-likeness (QED) is 0.137. The summed E-state index contributed by atoms with van der Waals surface area (Å²) in [6, 6.07) is 14.3. The van der Waals surface area contributed by atoms with Gasteiger partial charge in [0.1, 0.15) is 5.75 Å². The molecule has 42 heavy (non-hydrogen) atoms. The fourth-order valence-electron chi connectivity index (χ4n) is 4.42. The Bertz CT molecular complexity index is 1690. The van der Waals surface area contributed by atoms with Gasteiger partial charge in [-0.2, -0.15) is 9.78 Å². The molecule has 0 saturated heterocycles. The van der Waals surface area contributed by atoms with Crippen LogP contribution in [0.15, 0.2) is 58.4 Å². The van der Waals surface area contributed by atoms with Crippen LogP contribution < -0.4 is 15.0 Å². The molecule has 0 amide bonds. The molecule has 3 aromatic carbocycles. The van der Waals surface area contributed by atoms with Gasteiger partial charge < -0.3 is 14.2 Å². The predicted molar refractivity (Wildman–Crippen MR) is 168 cm³/mol. The zero-order valence-corrected chi connectivity index (χ0v) is 25.9. The van der Waals surface area contributed by atoms with E-state index in [-0.39, 0.29) is 40.0 Å². The normalized spacial score (nSPS) is 11.6. The number of rotatable bonds is 10. The van der Waals surface area contributed by atoms with Gasteiger partial charge in [0.25, 0.3) is 5.56 Å². The molecule has 0 aliphatic heterocycles. The van der Waals surface area contributed by atoms with Crippen LogP contribution in [0.25, 0.3) is 22.3 Å². The van der Waals surface area contributed by atoms with Gasteiger partial charge in [-0.05, 0) is 86.7 Å². The van der Waals surface area contributed by atoms with Crippen molar-refractivity contribution in [2.45, 2.75) is 53.6 Å². The summed E-state index contributed by atoms with van der Waals surface area (Å²) in [5, 5.41) is 5.33. The van der Waals surface area contributed by atoms with Gasteiger partial charge in [0.05, 0.1) is 39.9 Å². The fourth-order valence-corrected chi connectivity index (χ4v) is 5.03. The van der Waals surface area contributed by atoms with E-state index in [2.05, 4.69) is 18.9 Å². The summed E-state index contributed by atoms with van der Waals surface area (Å²) >= 11 is 12.9. The van der Waals surface area contributed by atoms with Gasteiger partial charge in [-0.25, -0.2) is 9.78 Å². The topological polar surface area (TPSA) is 92.0 Å². The van der Waals surface area contributed by atoms with Crippen molar-refractivity contribution in [3.05, 3.63) is 85.6 Å². The maximum absolute atomic E-state index is 13.7. The molecule has 220 valence electrons. The maximum atomic E-state index is 13.7. The van der Waals surface area contributed by atoms with E-state index in [0.29, 0.717) is 28.9 Å². The second-order valence-electron chi connectivity index (χ2n) is 10.2. The lowest BCUT2D eigenvalue weighted by atomic mass is 9.96. The molecule has 0 aliphatic carbocycles. The zero-order chi connectivity index (χ0) is 30.6. The number of esters is 1. The average molecular weight is 611 g/mol. The first-order valence-electron chi connectivity index (χ1n) is 13.6. The number of hydrogen-bond donors (Lipinski definition) is 0. The molecule has 0 saturated carbocycles. The SMILES string of the molecule is CCOc1cc(C)c(-c2nc3ccccc3c(=O)n2N=Cc2cc(Cl)c(OCC(=O)OC(C)C)c(Cl)c2)cc1C(C)C. The average Bonchev–Trinajstić information content (AvgIpc) is 2.92. The van der Waals surface area contributed by atoms with Crippen molar-refractivity contribution < 1.29 is 19.0 Å². The van der Waals surface area contributed by atoms with Crippen LogP contribution in [-0.4, -0.2) is 41.2 Å². The second kappa shape index (κ2) is 13.4. The fraction of sp³-hybridized carbons (Fsp3) is 0.312. The number of para-hydroxylation sites is 1. The molecule has 4 rings (SSSR count). The van der Waals surface area contributed by atoms with Crippen LogP contribution in [-0.2, 0) is 9.53 Å².